The van der Waals surface area contributed by atoms with Crippen molar-refractivity contribution in [1.82, 2.24) is 19.5 Å². The van der Waals surface area contributed by atoms with Crippen molar-refractivity contribution < 1.29 is 10.2 Å². The Balaban J connectivity index is 2.12. The number of aromatic amines is 1. The third kappa shape index (κ3) is 1.81. The van der Waals surface area contributed by atoms with E-state index in [1.807, 2.05) is 0 Å². The van der Waals surface area contributed by atoms with Gasteiger partial charge in [-0.15, -0.1) is 0 Å². The highest BCUT2D eigenvalue weighted by Crippen LogP contribution is 2.30. The highest BCUT2D eigenvalue weighted by molar-refractivity contribution is 5.70. The van der Waals surface area contributed by atoms with E-state index in [1.165, 1.54) is 6.33 Å². The Bertz CT molecular complexity index is 717. The second-order valence-corrected chi connectivity index (χ2v) is 4.49. The topological polar surface area (TPSA) is 130 Å². The molecule has 19 heavy (non-hydrogen) atoms. The maximum atomic E-state index is 11.7. The van der Waals surface area contributed by atoms with Crippen molar-refractivity contribution in [3.63, 3.8) is 0 Å². The fourth-order valence-corrected chi connectivity index (χ4v) is 2.34. The number of H-pyrrole nitrogens is 1. The third-order valence-corrected chi connectivity index (χ3v) is 3.29. The van der Waals surface area contributed by atoms with Gasteiger partial charge >= 0.3 is 0 Å². The summed E-state index contributed by atoms with van der Waals surface area (Å²) in [6.07, 6.45) is 2.97. The molecule has 1 aliphatic rings. The summed E-state index contributed by atoms with van der Waals surface area (Å²) in [6.45, 7) is -0.194. The van der Waals surface area contributed by atoms with E-state index >= 15 is 0 Å². The molecular formula is C11H13N5O3. The standard InChI is InChI=1S/C11H13N5O3/c12-11-14-9-8(10(19)15-11)13-4-16(9)6-1-5(3-17)7(18)2-6/h1,4,6-7,17-18H,2-3H2,(H3,12,14,15,19)/t6-,7-/m1/s1. The van der Waals surface area contributed by atoms with Crippen molar-refractivity contribution in [3.05, 3.63) is 28.3 Å². The van der Waals surface area contributed by atoms with Gasteiger partial charge in [0, 0.05) is 6.42 Å². The molecule has 0 amide bonds. The van der Waals surface area contributed by atoms with Gasteiger partial charge in [-0.25, -0.2) is 4.98 Å². The van der Waals surface area contributed by atoms with Crippen molar-refractivity contribution >= 4 is 17.1 Å². The lowest BCUT2D eigenvalue weighted by Crippen LogP contribution is -2.14. The quantitative estimate of drug-likeness (QED) is 0.510. The Hall–Kier alpha value is -2.19. The summed E-state index contributed by atoms with van der Waals surface area (Å²) in [7, 11) is 0. The zero-order valence-electron chi connectivity index (χ0n) is 9.95. The van der Waals surface area contributed by atoms with Gasteiger partial charge in [0.1, 0.15) is 0 Å². The molecule has 8 heteroatoms. The van der Waals surface area contributed by atoms with Gasteiger partial charge in [-0.1, -0.05) is 6.08 Å². The minimum absolute atomic E-state index is 0.0177. The van der Waals surface area contributed by atoms with E-state index in [2.05, 4.69) is 15.0 Å². The van der Waals surface area contributed by atoms with Crippen LogP contribution in [0, 0.1) is 0 Å². The number of nitrogens with two attached hydrogens (primary N) is 1. The summed E-state index contributed by atoms with van der Waals surface area (Å²) in [5, 5.41) is 18.9. The van der Waals surface area contributed by atoms with Crippen LogP contribution in [0.25, 0.3) is 11.2 Å². The second-order valence-electron chi connectivity index (χ2n) is 4.49. The molecule has 2 aromatic heterocycles. The summed E-state index contributed by atoms with van der Waals surface area (Å²) in [5.41, 5.74) is 6.26. The van der Waals surface area contributed by atoms with Crippen molar-refractivity contribution in [1.29, 1.82) is 0 Å². The molecule has 0 fully saturated rings. The van der Waals surface area contributed by atoms with Crippen LogP contribution >= 0.6 is 0 Å². The number of aliphatic hydroxyl groups excluding tert-OH is 2. The fraction of sp³-hybridized carbons (Fsp3) is 0.364. The maximum Gasteiger partial charge on any atom is 0.280 e. The number of hydrogen-bond acceptors (Lipinski definition) is 6. The van der Waals surface area contributed by atoms with E-state index in [9.17, 15) is 9.90 Å². The van der Waals surface area contributed by atoms with E-state index in [4.69, 9.17) is 10.8 Å². The Morgan fingerprint density at radius 3 is 3.05 bits per heavy atom. The fourth-order valence-electron chi connectivity index (χ4n) is 2.34. The molecule has 8 nitrogen and oxygen atoms in total. The normalized spacial score (nSPS) is 22.9. The number of anilines is 1. The predicted molar refractivity (Wildman–Crippen MR) is 67.4 cm³/mol. The summed E-state index contributed by atoms with van der Waals surface area (Å²) < 4.78 is 1.67. The molecule has 2 heterocycles. The van der Waals surface area contributed by atoms with Crippen LogP contribution in [-0.4, -0.2) is 42.4 Å². The number of rotatable bonds is 2. The minimum atomic E-state index is -0.688. The molecule has 2 aromatic rings. The van der Waals surface area contributed by atoms with Gasteiger partial charge in [-0.3, -0.25) is 9.78 Å². The van der Waals surface area contributed by atoms with Crippen molar-refractivity contribution in [2.45, 2.75) is 18.6 Å². The van der Waals surface area contributed by atoms with Crippen LogP contribution in [0.2, 0.25) is 0 Å². The van der Waals surface area contributed by atoms with Crippen molar-refractivity contribution in [3.8, 4) is 0 Å². The molecule has 0 bridgehead atoms. The lowest BCUT2D eigenvalue weighted by atomic mass is 10.2. The van der Waals surface area contributed by atoms with E-state index in [0.717, 1.165) is 0 Å². The molecule has 2 atom stereocenters. The zero-order chi connectivity index (χ0) is 13.6. The third-order valence-electron chi connectivity index (χ3n) is 3.29. The SMILES string of the molecule is Nc1nc2c(ncn2[C@@H]2C=C(CO)[C@H](O)C2)c(=O)[nH]1. The number of imidazole rings is 1. The van der Waals surface area contributed by atoms with Crippen LogP contribution in [0.15, 0.2) is 22.8 Å². The van der Waals surface area contributed by atoms with Gasteiger partial charge in [0.2, 0.25) is 5.95 Å². The molecule has 0 unspecified atom stereocenters. The first-order chi connectivity index (χ1) is 9.10. The molecule has 5 N–H and O–H groups in total. The Morgan fingerprint density at radius 2 is 2.37 bits per heavy atom. The molecule has 0 saturated carbocycles. The van der Waals surface area contributed by atoms with Crippen LogP contribution in [0.3, 0.4) is 0 Å². The van der Waals surface area contributed by atoms with Crippen LogP contribution in [0.4, 0.5) is 5.95 Å². The number of hydrogen-bond donors (Lipinski definition) is 4. The van der Waals surface area contributed by atoms with Crippen LogP contribution in [-0.2, 0) is 0 Å². The monoisotopic (exact) mass is 263 g/mol. The van der Waals surface area contributed by atoms with Crippen molar-refractivity contribution in [2.24, 2.45) is 0 Å². The first-order valence-electron chi connectivity index (χ1n) is 5.82. The smallest absolute Gasteiger partial charge is 0.280 e. The number of allylic oxidation sites excluding steroid dienone is 1. The van der Waals surface area contributed by atoms with E-state index in [-0.39, 0.29) is 24.1 Å². The van der Waals surface area contributed by atoms with E-state index in [0.29, 0.717) is 17.6 Å². The van der Waals surface area contributed by atoms with Gasteiger partial charge in [0.05, 0.1) is 25.1 Å². The molecule has 0 radical (unpaired) electrons. The summed E-state index contributed by atoms with van der Waals surface area (Å²) in [4.78, 5) is 22.1. The number of aromatic nitrogens is 4. The highest BCUT2D eigenvalue weighted by atomic mass is 16.3. The Labute approximate surface area is 107 Å². The number of nitrogen functional groups attached to an aromatic ring is 1. The first kappa shape index (κ1) is 11.9. The van der Waals surface area contributed by atoms with E-state index in [1.54, 1.807) is 10.6 Å². The van der Waals surface area contributed by atoms with Gasteiger partial charge in [0.15, 0.2) is 11.2 Å². The molecule has 3 rings (SSSR count). The largest absolute Gasteiger partial charge is 0.392 e. The highest BCUT2D eigenvalue weighted by Gasteiger charge is 2.26. The lowest BCUT2D eigenvalue weighted by molar-refractivity contribution is 0.182. The molecule has 1 aliphatic carbocycles. The average Bonchev–Trinajstić information content (AvgIpc) is 2.92. The van der Waals surface area contributed by atoms with Gasteiger partial charge < -0.3 is 20.5 Å². The lowest BCUT2D eigenvalue weighted by Gasteiger charge is -2.11. The molecule has 0 saturated heterocycles. The molecule has 0 spiro atoms. The summed E-state index contributed by atoms with van der Waals surface area (Å²) >= 11 is 0. The Morgan fingerprint density at radius 1 is 1.58 bits per heavy atom. The average molecular weight is 263 g/mol. The van der Waals surface area contributed by atoms with Crippen LogP contribution < -0.4 is 11.3 Å². The molecule has 100 valence electrons. The first-order valence-corrected chi connectivity index (χ1v) is 5.82. The predicted octanol–water partition coefficient (Wildman–Crippen LogP) is -1.07. The minimum Gasteiger partial charge on any atom is -0.392 e. The maximum absolute atomic E-state index is 11.7. The van der Waals surface area contributed by atoms with E-state index < -0.39 is 11.7 Å². The van der Waals surface area contributed by atoms with Gasteiger partial charge in [-0.2, -0.15) is 4.98 Å². The van der Waals surface area contributed by atoms with Gasteiger partial charge in [0.25, 0.3) is 5.56 Å². The molecular weight excluding hydrogens is 250 g/mol. The van der Waals surface area contributed by atoms with Gasteiger partial charge in [-0.05, 0) is 5.57 Å². The molecule has 0 aliphatic heterocycles. The summed E-state index contributed by atoms with van der Waals surface area (Å²) in [6, 6.07) is -0.198. The zero-order valence-corrected chi connectivity index (χ0v) is 9.95. The summed E-state index contributed by atoms with van der Waals surface area (Å²) in [5.74, 6) is 0.0177. The Kier molecular flexibility index (Phi) is 2.61. The van der Waals surface area contributed by atoms with Crippen molar-refractivity contribution in [2.75, 3.05) is 12.3 Å². The number of aliphatic hydroxyl groups is 2. The number of fused-ring (bicyclic) bond motifs is 1. The molecule has 0 aromatic carbocycles. The second kappa shape index (κ2) is 4.18. The number of nitrogens with one attached hydrogen (secondary N) is 1. The number of nitrogens with zero attached hydrogens (tertiary/aromatic N) is 3. The van der Waals surface area contributed by atoms with Crippen LogP contribution in [0.1, 0.15) is 12.5 Å². The van der Waals surface area contributed by atoms with Crippen LogP contribution in [0.5, 0.6) is 0 Å².